The summed E-state index contributed by atoms with van der Waals surface area (Å²) in [5, 5.41) is 20.6. The minimum Gasteiger partial charge on any atom is -0.508 e. The molecule has 17 heavy (non-hydrogen) atoms. The third-order valence-electron chi connectivity index (χ3n) is 3.34. The zero-order valence-electron chi connectivity index (χ0n) is 10.0. The van der Waals surface area contributed by atoms with E-state index in [1.165, 1.54) is 0 Å². The molecule has 0 spiro atoms. The molecule has 2 N–H and O–H groups in total. The average molecular weight is 230 g/mol. The normalized spacial score (nSPS) is 10.8. The maximum atomic E-state index is 11.1. The summed E-state index contributed by atoms with van der Waals surface area (Å²) in [5.41, 5.74) is 2.78. The fourth-order valence-electron chi connectivity index (χ4n) is 2.22. The molecule has 0 aliphatic carbocycles. The molecule has 0 saturated carbocycles. The Morgan fingerprint density at radius 2 is 1.71 bits per heavy atom. The van der Waals surface area contributed by atoms with E-state index in [1.807, 2.05) is 13.8 Å². The molecule has 2 aromatic carbocycles. The molecule has 0 unspecified atom stereocenters. The first-order valence-corrected chi connectivity index (χ1v) is 5.39. The number of benzene rings is 2. The number of carbonyl (C=O) groups is 1. The molecule has 2 rings (SSSR count). The number of aromatic carboxylic acids is 1. The van der Waals surface area contributed by atoms with Crippen molar-refractivity contribution >= 4 is 16.7 Å². The fourth-order valence-corrected chi connectivity index (χ4v) is 2.22. The minimum absolute atomic E-state index is 0.248. The highest BCUT2D eigenvalue weighted by Gasteiger charge is 2.13. The van der Waals surface area contributed by atoms with Gasteiger partial charge in [0.1, 0.15) is 5.75 Å². The highest BCUT2D eigenvalue weighted by Crippen LogP contribution is 2.32. The molecule has 0 aliphatic rings. The van der Waals surface area contributed by atoms with Crippen molar-refractivity contribution in [2.45, 2.75) is 20.8 Å². The topological polar surface area (TPSA) is 57.5 Å². The SMILES string of the molecule is Cc1c(O)cc2ccc(C(=O)O)c(C)c2c1C. The number of carboxylic acid groups (broad SMARTS) is 1. The average Bonchev–Trinajstić information content (AvgIpc) is 2.25. The maximum absolute atomic E-state index is 11.1. The molecule has 3 nitrogen and oxygen atoms in total. The molecule has 3 heteroatoms. The van der Waals surface area contributed by atoms with Gasteiger partial charge in [-0.3, -0.25) is 0 Å². The summed E-state index contributed by atoms with van der Waals surface area (Å²) in [6.45, 7) is 5.53. The summed E-state index contributed by atoms with van der Waals surface area (Å²) in [4.78, 5) is 11.1. The largest absolute Gasteiger partial charge is 0.508 e. The molecule has 0 heterocycles. The van der Waals surface area contributed by atoms with E-state index >= 15 is 0 Å². The molecular formula is C14H14O3. The van der Waals surface area contributed by atoms with E-state index in [1.54, 1.807) is 25.1 Å². The molecule has 0 bridgehead atoms. The van der Waals surface area contributed by atoms with E-state index in [9.17, 15) is 9.90 Å². The molecular weight excluding hydrogens is 216 g/mol. The van der Waals surface area contributed by atoms with E-state index in [-0.39, 0.29) is 5.75 Å². The number of aryl methyl sites for hydroxylation is 2. The number of hydrogen-bond acceptors (Lipinski definition) is 2. The number of hydrogen-bond donors (Lipinski definition) is 2. The van der Waals surface area contributed by atoms with Crippen LogP contribution >= 0.6 is 0 Å². The van der Waals surface area contributed by atoms with Crippen LogP contribution < -0.4 is 0 Å². The molecule has 0 atom stereocenters. The van der Waals surface area contributed by atoms with Gasteiger partial charge in [-0.25, -0.2) is 4.79 Å². The monoisotopic (exact) mass is 230 g/mol. The third-order valence-corrected chi connectivity index (χ3v) is 3.34. The maximum Gasteiger partial charge on any atom is 0.335 e. The molecule has 2 aromatic rings. The summed E-state index contributed by atoms with van der Waals surface area (Å²) in [6, 6.07) is 4.99. The lowest BCUT2D eigenvalue weighted by Gasteiger charge is -2.12. The standard InChI is InChI=1S/C14H14O3/c1-7-8(2)13-9(3)11(14(16)17)5-4-10(13)6-12(7)15/h4-6,15H,1-3H3,(H,16,17). The van der Waals surface area contributed by atoms with Crippen molar-refractivity contribution in [3.63, 3.8) is 0 Å². The number of fused-ring (bicyclic) bond motifs is 1. The summed E-state index contributed by atoms with van der Waals surface area (Å²) in [6.07, 6.45) is 0. The Morgan fingerprint density at radius 3 is 2.29 bits per heavy atom. The quantitative estimate of drug-likeness (QED) is 0.791. The first-order chi connectivity index (χ1) is 7.93. The molecule has 0 radical (unpaired) electrons. The second-order valence-electron chi connectivity index (χ2n) is 4.29. The summed E-state index contributed by atoms with van der Waals surface area (Å²) >= 11 is 0. The molecule has 0 amide bonds. The van der Waals surface area contributed by atoms with E-state index in [0.717, 1.165) is 27.5 Å². The van der Waals surface area contributed by atoms with Crippen LogP contribution in [0, 0.1) is 20.8 Å². The highest BCUT2D eigenvalue weighted by molar-refractivity contribution is 5.99. The van der Waals surface area contributed by atoms with Gasteiger partial charge in [-0.15, -0.1) is 0 Å². The van der Waals surface area contributed by atoms with E-state index in [2.05, 4.69) is 0 Å². The van der Waals surface area contributed by atoms with Crippen molar-refractivity contribution in [1.29, 1.82) is 0 Å². The Bertz CT molecular complexity index is 627. The van der Waals surface area contributed by atoms with Crippen molar-refractivity contribution in [3.05, 3.63) is 40.5 Å². The summed E-state index contributed by atoms with van der Waals surface area (Å²) in [5.74, 6) is -0.674. The Hall–Kier alpha value is -2.03. The van der Waals surface area contributed by atoms with Crippen LogP contribution in [-0.4, -0.2) is 16.2 Å². The Labute approximate surface area is 99.3 Å². The first-order valence-electron chi connectivity index (χ1n) is 5.39. The Kier molecular flexibility index (Phi) is 2.54. The Morgan fingerprint density at radius 1 is 1.06 bits per heavy atom. The number of carboxylic acids is 1. The van der Waals surface area contributed by atoms with Gasteiger partial charge in [-0.05, 0) is 60.4 Å². The van der Waals surface area contributed by atoms with Crippen LogP contribution in [0.1, 0.15) is 27.0 Å². The van der Waals surface area contributed by atoms with Crippen LogP contribution in [0.25, 0.3) is 10.8 Å². The van der Waals surface area contributed by atoms with Gasteiger partial charge in [-0.2, -0.15) is 0 Å². The molecule has 0 aromatic heterocycles. The number of rotatable bonds is 1. The van der Waals surface area contributed by atoms with Gasteiger partial charge in [-0.1, -0.05) is 6.07 Å². The van der Waals surface area contributed by atoms with Crippen molar-refractivity contribution in [1.82, 2.24) is 0 Å². The summed E-state index contributed by atoms with van der Waals surface area (Å²) < 4.78 is 0. The predicted octanol–water partition coefficient (Wildman–Crippen LogP) is 3.17. The Balaban J connectivity index is 2.95. The smallest absolute Gasteiger partial charge is 0.335 e. The van der Waals surface area contributed by atoms with Gasteiger partial charge in [0.2, 0.25) is 0 Å². The zero-order chi connectivity index (χ0) is 12.7. The first kappa shape index (κ1) is 11.5. The van der Waals surface area contributed by atoms with Crippen LogP contribution in [-0.2, 0) is 0 Å². The highest BCUT2D eigenvalue weighted by atomic mass is 16.4. The number of phenols is 1. The van der Waals surface area contributed by atoms with Crippen LogP contribution in [0.15, 0.2) is 18.2 Å². The van der Waals surface area contributed by atoms with E-state index in [4.69, 9.17) is 5.11 Å². The van der Waals surface area contributed by atoms with Crippen LogP contribution in [0.2, 0.25) is 0 Å². The van der Waals surface area contributed by atoms with Gasteiger partial charge in [0.15, 0.2) is 0 Å². The van der Waals surface area contributed by atoms with Gasteiger partial charge in [0, 0.05) is 0 Å². The van der Waals surface area contributed by atoms with Crippen LogP contribution in [0.5, 0.6) is 5.75 Å². The van der Waals surface area contributed by atoms with Gasteiger partial charge >= 0.3 is 5.97 Å². The van der Waals surface area contributed by atoms with Gasteiger partial charge in [0.25, 0.3) is 0 Å². The molecule has 0 aliphatic heterocycles. The zero-order valence-corrected chi connectivity index (χ0v) is 10.0. The lowest BCUT2D eigenvalue weighted by atomic mass is 9.93. The van der Waals surface area contributed by atoms with Crippen molar-refractivity contribution in [2.24, 2.45) is 0 Å². The minimum atomic E-state index is -0.922. The number of phenolic OH excluding ortho intramolecular Hbond substituents is 1. The fraction of sp³-hybridized carbons (Fsp3) is 0.214. The second kappa shape index (κ2) is 3.77. The van der Waals surface area contributed by atoms with Crippen LogP contribution in [0.4, 0.5) is 0 Å². The molecule has 88 valence electrons. The van der Waals surface area contributed by atoms with Crippen LogP contribution in [0.3, 0.4) is 0 Å². The molecule has 0 saturated heterocycles. The van der Waals surface area contributed by atoms with Crippen molar-refractivity contribution in [2.75, 3.05) is 0 Å². The van der Waals surface area contributed by atoms with E-state index < -0.39 is 5.97 Å². The summed E-state index contributed by atoms with van der Waals surface area (Å²) in [7, 11) is 0. The van der Waals surface area contributed by atoms with Gasteiger partial charge < -0.3 is 10.2 Å². The second-order valence-corrected chi connectivity index (χ2v) is 4.29. The van der Waals surface area contributed by atoms with E-state index in [0.29, 0.717) is 5.56 Å². The molecule has 0 fully saturated rings. The van der Waals surface area contributed by atoms with Gasteiger partial charge in [0.05, 0.1) is 5.56 Å². The lowest BCUT2D eigenvalue weighted by Crippen LogP contribution is -2.01. The number of aromatic hydroxyl groups is 1. The third kappa shape index (κ3) is 1.64. The van der Waals surface area contributed by atoms with Crippen molar-refractivity contribution < 1.29 is 15.0 Å². The lowest BCUT2D eigenvalue weighted by molar-refractivity contribution is 0.0696. The predicted molar refractivity (Wildman–Crippen MR) is 66.8 cm³/mol. The van der Waals surface area contributed by atoms with Crippen molar-refractivity contribution in [3.8, 4) is 5.75 Å².